The number of piperidine rings is 1. The van der Waals surface area contributed by atoms with Gasteiger partial charge in [0.1, 0.15) is 10.4 Å². The van der Waals surface area contributed by atoms with E-state index in [-0.39, 0.29) is 16.7 Å². The Morgan fingerprint density at radius 1 is 1.33 bits per heavy atom. The topological polar surface area (TPSA) is 113 Å². The Morgan fingerprint density at radius 2 is 2.00 bits per heavy atom. The summed E-state index contributed by atoms with van der Waals surface area (Å²) in [5.41, 5.74) is -0.972. The molecule has 0 bridgehead atoms. The van der Waals surface area contributed by atoms with Crippen LogP contribution in [0.15, 0.2) is 17.3 Å². The second-order valence-electron chi connectivity index (χ2n) is 6.32. The van der Waals surface area contributed by atoms with Crippen LogP contribution in [0.1, 0.15) is 26.7 Å². The van der Waals surface area contributed by atoms with Crippen LogP contribution >= 0.6 is 0 Å². The van der Waals surface area contributed by atoms with E-state index in [4.69, 9.17) is 0 Å². The third-order valence-electron chi connectivity index (χ3n) is 4.91. The number of amides is 3. The van der Waals surface area contributed by atoms with Crippen molar-refractivity contribution >= 4 is 22.0 Å². The van der Waals surface area contributed by atoms with E-state index in [9.17, 15) is 18.0 Å². The largest absolute Gasteiger partial charge is 0.323 e. The number of carbonyl (C=O) groups is 2. The van der Waals surface area contributed by atoms with Gasteiger partial charge in [-0.2, -0.15) is 9.40 Å². The summed E-state index contributed by atoms with van der Waals surface area (Å²) in [6.07, 6.45) is 3.89. The molecular weight excluding hydrogens is 334 g/mol. The van der Waals surface area contributed by atoms with E-state index in [0.29, 0.717) is 32.5 Å². The van der Waals surface area contributed by atoms with Gasteiger partial charge < -0.3 is 5.32 Å². The van der Waals surface area contributed by atoms with Crippen LogP contribution < -0.4 is 10.6 Å². The summed E-state index contributed by atoms with van der Waals surface area (Å²) in [5, 5.41) is 8.93. The molecule has 3 rings (SSSR count). The van der Waals surface area contributed by atoms with Gasteiger partial charge >= 0.3 is 6.03 Å². The Hall–Kier alpha value is -1.94. The van der Waals surface area contributed by atoms with Crippen molar-refractivity contribution in [3.63, 3.8) is 0 Å². The molecule has 0 spiro atoms. The maximum Gasteiger partial charge on any atom is 0.322 e. The smallest absolute Gasteiger partial charge is 0.322 e. The van der Waals surface area contributed by atoms with Gasteiger partial charge in [-0.15, -0.1) is 0 Å². The van der Waals surface area contributed by atoms with Crippen molar-refractivity contribution in [3.05, 3.63) is 12.4 Å². The Labute approximate surface area is 140 Å². The van der Waals surface area contributed by atoms with Crippen LogP contribution in [0.2, 0.25) is 0 Å². The number of hydrogen-bond donors (Lipinski definition) is 2. The number of hydrogen-bond acceptors (Lipinski definition) is 5. The van der Waals surface area contributed by atoms with Gasteiger partial charge in [-0.25, -0.2) is 13.2 Å². The third-order valence-corrected chi connectivity index (χ3v) is 6.77. The molecule has 10 heteroatoms. The molecule has 0 aliphatic carbocycles. The Balaban J connectivity index is 1.71. The number of imide groups is 1. The molecule has 3 amide bonds. The van der Waals surface area contributed by atoms with Crippen LogP contribution in [0.25, 0.3) is 0 Å². The molecular formula is C14H21N5O4S. The lowest BCUT2D eigenvalue weighted by Crippen LogP contribution is -2.54. The van der Waals surface area contributed by atoms with Crippen molar-refractivity contribution in [2.24, 2.45) is 5.92 Å². The van der Waals surface area contributed by atoms with E-state index in [0.717, 1.165) is 0 Å². The van der Waals surface area contributed by atoms with Gasteiger partial charge in [-0.05, 0) is 32.6 Å². The van der Waals surface area contributed by atoms with Crippen LogP contribution in [-0.4, -0.2) is 53.1 Å². The summed E-state index contributed by atoms with van der Waals surface area (Å²) in [4.78, 5) is 23.6. The lowest BCUT2D eigenvalue weighted by Gasteiger charge is -2.37. The van der Waals surface area contributed by atoms with Crippen molar-refractivity contribution in [3.8, 4) is 0 Å². The minimum Gasteiger partial charge on any atom is -0.323 e. The standard InChI is InChI=1S/C14H21N5O4S/c1-3-18-9-11(8-15-18)24(22,23)19-6-4-10(5-7-19)14(2)12(20)16-13(21)17-14/h8-10H,3-7H2,1-2H3,(H2,16,17,20,21). The zero-order chi connectivity index (χ0) is 17.5. The lowest BCUT2D eigenvalue weighted by molar-refractivity contribution is -0.125. The minimum atomic E-state index is -3.58. The predicted molar refractivity (Wildman–Crippen MR) is 84.5 cm³/mol. The molecule has 0 saturated carbocycles. The average molecular weight is 355 g/mol. The zero-order valence-electron chi connectivity index (χ0n) is 13.7. The average Bonchev–Trinajstić information content (AvgIpc) is 3.13. The minimum absolute atomic E-state index is 0.103. The van der Waals surface area contributed by atoms with Crippen LogP contribution in [0, 0.1) is 5.92 Å². The first kappa shape index (κ1) is 16.9. The Kier molecular flexibility index (Phi) is 4.12. The number of aromatic nitrogens is 2. The third kappa shape index (κ3) is 2.69. The van der Waals surface area contributed by atoms with Gasteiger partial charge in [0.2, 0.25) is 10.0 Å². The number of sulfonamides is 1. The molecule has 2 aliphatic heterocycles. The first-order chi connectivity index (χ1) is 11.3. The quantitative estimate of drug-likeness (QED) is 0.732. The van der Waals surface area contributed by atoms with E-state index in [1.807, 2.05) is 6.92 Å². The highest BCUT2D eigenvalue weighted by atomic mass is 32.2. The summed E-state index contributed by atoms with van der Waals surface area (Å²) < 4.78 is 28.3. The highest BCUT2D eigenvalue weighted by Crippen LogP contribution is 2.32. The van der Waals surface area contributed by atoms with Gasteiger partial charge in [0.05, 0.1) is 6.20 Å². The number of nitrogens with one attached hydrogen (secondary N) is 2. The van der Waals surface area contributed by atoms with Crippen molar-refractivity contribution in [1.29, 1.82) is 0 Å². The number of nitrogens with zero attached hydrogens (tertiary/aromatic N) is 3. The fraction of sp³-hybridized carbons (Fsp3) is 0.643. The van der Waals surface area contributed by atoms with Crippen molar-refractivity contribution in [1.82, 2.24) is 24.7 Å². The van der Waals surface area contributed by atoms with Crippen molar-refractivity contribution in [2.45, 2.75) is 43.7 Å². The van der Waals surface area contributed by atoms with Gasteiger partial charge in [0.15, 0.2) is 0 Å². The van der Waals surface area contributed by atoms with Crippen LogP contribution in [-0.2, 0) is 21.4 Å². The maximum atomic E-state index is 12.7. The molecule has 132 valence electrons. The molecule has 9 nitrogen and oxygen atoms in total. The summed E-state index contributed by atoms with van der Waals surface area (Å²) >= 11 is 0. The second-order valence-corrected chi connectivity index (χ2v) is 8.26. The molecule has 24 heavy (non-hydrogen) atoms. The van der Waals surface area contributed by atoms with E-state index < -0.39 is 21.6 Å². The normalized spacial score (nSPS) is 26.4. The monoisotopic (exact) mass is 355 g/mol. The highest BCUT2D eigenvalue weighted by molar-refractivity contribution is 7.89. The van der Waals surface area contributed by atoms with Crippen LogP contribution in [0.3, 0.4) is 0 Å². The molecule has 0 radical (unpaired) electrons. The first-order valence-corrected chi connectivity index (χ1v) is 9.37. The van der Waals surface area contributed by atoms with E-state index >= 15 is 0 Å². The lowest BCUT2D eigenvalue weighted by atomic mass is 9.79. The summed E-state index contributed by atoms with van der Waals surface area (Å²) in [7, 11) is -3.58. The summed E-state index contributed by atoms with van der Waals surface area (Å²) in [6, 6.07) is -0.496. The predicted octanol–water partition coefficient (Wildman–Crippen LogP) is -0.0982. The highest BCUT2D eigenvalue weighted by Gasteiger charge is 2.49. The molecule has 1 unspecified atom stereocenters. The van der Waals surface area contributed by atoms with Gasteiger partial charge in [-0.3, -0.25) is 14.8 Å². The van der Waals surface area contributed by atoms with E-state index in [2.05, 4.69) is 15.7 Å². The van der Waals surface area contributed by atoms with Crippen LogP contribution in [0.4, 0.5) is 4.79 Å². The Morgan fingerprint density at radius 3 is 2.50 bits per heavy atom. The van der Waals surface area contributed by atoms with Crippen molar-refractivity contribution < 1.29 is 18.0 Å². The fourth-order valence-electron chi connectivity index (χ4n) is 3.32. The molecule has 2 saturated heterocycles. The van der Waals surface area contributed by atoms with Crippen molar-refractivity contribution in [2.75, 3.05) is 13.1 Å². The first-order valence-electron chi connectivity index (χ1n) is 7.93. The molecule has 1 atom stereocenters. The molecule has 2 aliphatic rings. The SMILES string of the molecule is CCn1cc(S(=O)(=O)N2CCC(C3(C)NC(=O)NC3=O)CC2)cn1. The maximum absolute atomic E-state index is 12.7. The second kappa shape index (κ2) is 5.85. The van der Waals surface area contributed by atoms with Crippen LogP contribution in [0.5, 0.6) is 0 Å². The fourth-order valence-corrected chi connectivity index (χ4v) is 4.74. The van der Waals surface area contributed by atoms with Gasteiger partial charge in [-0.1, -0.05) is 0 Å². The molecule has 1 aromatic heterocycles. The zero-order valence-corrected chi connectivity index (χ0v) is 14.5. The van der Waals surface area contributed by atoms with E-state index in [1.165, 1.54) is 16.7 Å². The Bertz CT molecular complexity index is 766. The number of rotatable bonds is 4. The molecule has 2 fully saturated rings. The molecule has 1 aromatic rings. The van der Waals surface area contributed by atoms with Gasteiger partial charge in [0.25, 0.3) is 5.91 Å². The van der Waals surface area contributed by atoms with E-state index in [1.54, 1.807) is 11.6 Å². The van der Waals surface area contributed by atoms with Gasteiger partial charge in [0, 0.05) is 25.8 Å². The summed E-state index contributed by atoms with van der Waals surface area (Å²) in [5.74, 6) is -0.452. The number of urea groups is 1. The molecule has 3 heterocycles. The number of carbonyl (C=O) groups excluding carboxylic acids is 2. The number of aryl methyl sites for hydroxylation is 1. The molecule has 0 aromatic carbocycles. The summed E-state index contributed by atoms with van der Waals surface area (Å²) in [6.45, 7) is 4.79. The molecule has 2 N–H and O–H groups in total.